The highest BCUT2D eigenvalue weighted by Crippen LogP contribution is 2.43. The van der Waals surface area contributed by atoms with Crippen molar-refractivity contribution in [3.8, 4) is 16.9 Å². The lowest BCUT2D eigenvalue weighted by atomic mass is 9.96. The van der Waals surface area contributed by atoms with Crippen LogP contribution in [0.3, 0.4) is 0 Å². The summed E-state index contributed by atoms with van der Waals surface area (Å²) in [6, 6.07) is 21.4. The number of nitrogens with zero attached hydrogens (tertiary/aromatic N) is 2. The second kappa shape index (κ2) is 5.49. The summed E-state index contributed by atoms with van der Waals surface area (Å²) in [7, 11) is 0. The molecule has 124 valence electrons. The van der Waals surface area contributed by atoms with Crippen LogP contribution in [0.2, 0.25) is 0 Å². The predicted molar refractivity (Wildman–Crippen MR) is 102 cm³/mol. The Bertz CT molecular complexity index is 1310. The summed E-state index contributed by atoms with van der Waals surface area (Å²) in [5.41, 5.74) is 3.28. The largest absolute Gasteiger partial charge is 0.507 e. The van der Waals surface area contributed by atoms with Crippen LogP contribution < -0.4 is 0 Å². The van der Waals surface area contributed by atoms with Gasteiger partial charge in [0.05, 0.1) is 22.1 Å². The van der Waals surface area contributed by atoms with E-state index in [0.717, 1.165) is 10.9 Å². The summed E-state index contributed by atoms with van der Waals surface area (Å²) < 4.78 is 14.5. The Hall–Kier alpha value is -3.53. The third-order valence-corrected chi connectivity index (χ3v) is 4.62. The number of hydrogen-bond acceptors (Lipinski definition) is 3. The molecule has 5 aromatic rings. The van der Waals surface area contributed by atoms with Gasteiger partial charge < -0.3 is 5.11 Å². The van der Waals surface area contributed by atoms with Crippen molar-refractivity contribution in [3.63, 3.8) is 0 Å². The van der Waals surface area contributed by atoms with Crippen LogP contribution in [-0.2, 0) is 0 Å². The predicted octanol–water partition coefficient (Wildman–Crippen LogP) is 5.45. The number of aromatic hydroxyl groups is 1. The summed E-state index contributed by atoms with van der Waals surface area (Å²) >= 11 is 0. The van der Waals surface area contributed by atoms with Crippen LogP contribution in [0.4, 0.5) is 4.39 Å². The third kappa shape index (κ3) is 2.05. The van der Waals surface area contributed by atoms with Crippen molar-refractivity contribution in [1.82, 2.24) is 9.97 Å². The van der Waals surface area contributed by atoms with Crippen LogP contribution >= 0.6 is 0 Å². The first-order valence-corrected chi connectivity index (χ1v) is 8.29. The lowest BCUT2D eigenvalue weighted by Crippen LogP contribution is -1.94. The van der Waals surface area contributed by atoms with E-state index in [1.165, 1.54) is 6.07 Å². The fourth-order valence-electron chi connectivity index (χ4n) is 3.42. The topological polar surface area (TPSA) is 46.0 Å². The summed E-state index contributed by atoms with van der Waals surface area (Å²) in [4.78, 5) is 9.48. The van der Waals surface area contributed by atoms with Gasteiger partial charge in [-0.15, -0.1) is 0 Å². The van der Waals surface area contributed by atoms with E-state index in [0.29, 0.717) is 33.1 Å². The highest BCUT2D eigenvalue weighted by molar-refractivity contribution is 6.15. The first kappa shape index (κ1) is 14.8. The molecule has 0 aliphatic carbocycles. The van der Waals surface area contributed by atoms with Gasteiger partial charge in [0.2, 0.25) is 0 Å². The molecule has 3 nitrogen and oxygen atoms in total. The maximum absolute atomic E-state index is 14.5. The number of aromatic nitrogens is 2. The van der Waals surface area contributed by atoms with Gasteiger partial charge in [0.25, 0.3) is 0 Å². The summed E-state index contributed by atoms with van der Waals surface area (Å²) in [5.74, 6) is -0.392. The lowest BCUT2D eigenvalue weighted by molar-refractivity contribution is 0.483. The average Bonchev–Trinajstić information content (AvgIpc) is 2.68. The Morgan fingerprint density at radius 3 is 1.96 bits per heavy atom. The molecule has 0 aliphatic heterocycles. The molecule has 0 amide bonds. The maximum atomic E-state index is 14.5. The van der Waals surface area contributed by atoms with Crippen LogP contribution in [0.5, 0.6) is 5.75 Å². The Morgan fingerprint density at radius 2 is 1.23 bits per heavy atom. The zero-order valence-electron chi connectivity index (χ0n) is 13.6. The molecule has 0 saturated heterocycles. The number of hydrogen-bond donors (Lipinski definition) is 1. The molecule has 1 aromatic heterocycles. The molecular formula is C22H13FN2O. The lowest BCUT2D eigenvalue weighted by Gasteiger charge is -2.14. The minimum Gasteiger partial charge on any atom is -0.507 e. The van der Waals surface area contributed by atoms with Crippen molar-refractivity contribution in [1.29, 1.82) is 0 Å². The molecule has 0 spiro atoms. The van der Waals surface area contributed by atoms with Crippen LogP contribution in [0.25, 0.3) is 44.0 Å². The molecule has 4 aromatic carbocycles. The maximum Gasteiger partial charge on any atom is 0.133 e. The number of rotatable bonds is 1. The molecule has 0 bridgehead atoms. The van der Waals surface area contributed by atoms with Crippen molar-refractivity contribution < 1.29 is 9.50 Å². The van der Waals surface area contributed by atoms with Crippen LogP contribution in [0, 0.1) is 5.82 Å². The fraction of sp³-hybridized carbons (Fsp3) is 0. The quantitative estimate of drug-likeness (QED) is 0.326. The number of fused-ring (bicyclic) bond motifs is 4. The molecule has 5 rings (SSSR count). The minimum absolute atomic E-state index is 0.0165. The van der Waals surface area contributed by atoms with E-state index in [1.54, 1.807) is 18.2 Å². The smallest absolute Gasteiger partial charge is 0.133 e. The van der Waals surface area contributed by atoms with Gasteiger partial charge in [-0.1, -0.05) is 54.6 Å². The van der Waals surface area contributed by atoms with E-state index in [4.69, 9.17) is 9.97 Å². The van der Waals surface area contributed by atoms with Crippen molar-refractivity contribution >= 4 is 32.8 Å². The number of halogens is 1. The highest BCUT2D eigenvalue weighted by Gasteiger charge is 2.20. The Morgan fingerprint density at radius 1 is 0.654 bits per heavy atom. The second-order valence-corrected chi connectivity index (χ2v) is 6.16. The van der Waals surface area contributed by atoms with Gasteiger partial charge in [-0.3, -0.25) is 0 Å². The van der Waals surface area contributed by atoms with Gasteiger partial charge in [0.1, 0.15) is 17.1 Å². The molecule has 26 heavy (non-hydrogen) atoms. The van der Waals surface area contributed by atoms with E-state index in [2.05, 4.69) is 0 Å². The summed E-state index contributed by atoms with van der Waals surface area (Å²) in [6.45, 7) is 0. The van der Waals surface area contributed by atoms with E-state index in [-0.39, 0.29) is 5.75 Å². The van der Waals surface area contributed by atoms with Gasteiger partial charge >= 0.3 is 0 Å². The Kier molecular flexibility index (Phi) is 3.12. The first-order valence-electron chi connectivity index (χ1n) is 8.29. The van der Waals surface area contributed by atoms with Crippen molar-refractivity contribution in [2.75, 3.05) is 0 Å². The summed E-state index contributed by atoms with van der Waals surface area (Å²) in [6.07, 6.45) is 0. The zero-order chi connectivity index (χ0) is 17.7. The second-order valence-electron chi connectivity index (χ2n) is 6.16. The van der Waals surface area contributed by atoms with Gasteiger partial charge in [-0.25, -0.2) is 14.4 Å². The molecule has 0 atom stereocenters. The molecule has 0 fully saturated rings. The minimum atomic E-state index is -0.408. The van der Waals surface area contributed by atoms with Gasteiger partial charge in [0, 0.05) is 16.3 Å². The van der Waals surface area contributed by atoms with Gasteiger partial charge in [0.15, 0.2) is 0 Å². The van der Waals surface area contributed by atoms with Crippen LogP contribution in [0.15, 0.2) is 72.8 Å². The molecular weight excluding hydrogens is 327 g/mol. The van der Waals surface area contributed by atoms with Gasteiger partial charge in [-0.2, -0.15) is 0 Å². The fourth-order valence-corrected chi connectivity index (χ4v) is 3.42. The normalized spacial score (nSPS) is 11.4. The molecule has 0 saturated carbocycles. The molecule has 0 unspecified atom stereocenters. The average molecular weight is 340 g/mol. The molecule has 4 heteroatoms. The van der Waals surface area contributed by atoms with E-state index >= 15 is 0 Å². The van der Waals surface area contributed by atoms with Crippen molar-refractivity contribution in [2.45, 2.75) is 0 Å². The van der Waals surface area contributed by atoms with Gasteiger partial charge in [-0.05, 0) is 18.2 Å². The van der Waals surface area contributed by atoms with Crippen LogP contribution in [-0.4, -0.2) is 15.1 Å². The third-order valence-electron chi connectivity index (χ3n) is 4.62. The number of benzene rings is 4. The van der Waals surface area contributed by atoms with E-state index < -0.39 is 5.82 Å². The summed E-state index contributed by atoms with van der Waals surface area (Å²) in [5, 5.41) is 12.4. The SMILES string of the molecule is Oc1c(-c2ccccc2F)c2nc3ccccc3nc2c2ccccc12. The monoisotopic (exact) mass is 340 g/mol. The zero-order valence-corrected chi connectivity index (χ0v) is 13.6. The standard InChI is InChI=1S/C22H13FN2O/c23-16-10-4-3-9-15(16)19-21-20(13-7-1-2-8-14(13)22(19)26)24-17-11-5-6-12-18(17)25-21/h1-12,26H. The first-order chi connectivity index (χ1) is 12.7. The highest BCUT2D eigenvalue weighted by atomic mass is 19.1. The molecule has 1 N–H and O–H groups in total. The number of para-hydroxylation sites is 2. The Labute approximate surface area is 148 Å². The van der Waals surface area contributed by atoms with Crippen LogP contribution in [0.1, 0.15) is 0 Å². The molecule has 0 radical (unpaired) electrons. The number of phenols is 1. The Balaban J connectivity index is 2.07. The van der Waals surface area contributed by atoms with Crippen molar-refractivity contribution in [2.24, 2.45) is 0 Å². The number of phenolic OH excluding ortho intramolecular Hbond substituents is 1. The molecule has 1 heterocycles. The van der Waals surface area contributed by atoms with Crippen molar-refractivity contribution in [3.05, 3.63) is 78.6 Å². The molecule has 0 aliphatic rings. The van der Waals surface area contributed by atoms with E-state index in [9.17, 15) is 9.50 Å². The van der Waals surface area contributed by atoms with E-state index in [1.807, 2.05) is 48.5 Å².